The number of thiazole rings is 1. The van der Waals surface area contributed by atoms with E-state index in [1.54, 1.807) is 11.3 Å². The lowest BCUT2D eigenvalue weighted by Gasteiger charge is -2.06. The van der Waals surface area contributed by atoms with Crippen molar-refractivity contribution < 1.29 is 0 Å². The van der Waals surface area contributed by atoms with Crippen molar-refractivity contribution in [3.8, 4) is 0 Å². The van der Waals surface area contributed by atoms with E-state index >= 15 is 0 Å². The van der Waals surface area contributed by atoms with Gasteiger partial charge in [-0.05, 0) is 17.7 Å². The summed E-state index contributed by atoms with van der Waals surface area (Å²) in [6.07, 6.45) is 2.04. The Morgan fingerprint density at radius 3 is 2.68 bits per heavy atom. The van der Waals surface area contributed by atoms with Gasteiger partial charge in [0.2, 0.25) is 0 Å². The third-order valence-electron chi connectivity index (χ3n) is 3.37. The number of nitrogens with two attached hydrogens (primary N) is 1. The van der Waals surface area contributed by atoms with Crippen molar-refractivity contribution in [1.29, 1.82) is 0 Å². The van der Waals surface area contributed by atoms with Crippen LogP contribution in [0.5, 0.6) is 0 Å². The highest BCUT2D eigenvalue weighted by atomic mass is 35.5. The number of benzene rings is 2. The van der Waals surface area contributed by atoms with Crippen LogP contribution in [0.4, 0.5) is 5.69 Å². The first kappa shape index (κ1) is 15.0. The lowest BCUT2D eigenvalue weighted by Crippen LogP contribution is -2.14. The van der Waals surface area contributed by atoms with E-state index in [-0.39, 0.29) is 0 Å². The predicted molar refractivity (Wildman–Crippen MR) is 92.4 cm³/mol. The molecule has 3 rings (SSSR count). The van der Waals surface area contributed by atoms with Gasteiger partial charge in [0.05, 0.1) is 5.69 Å². The molecule has 2 N–H and O–H groups in total. The lowest BCUT2D eigenvalue weighted by atomic mass is 10.2. The van der Waals surface area contributed by atoms with Crippen LogP contribution in [0.1, 0.15) is 11.1 Å². The molecule has 1 heterocycles. The Hall–Kier alpha value is -1.88. The molecular formula is C17H16ClN3S. The van der Waals surface area contributed by atoms with Crippen LogP contribution in [-0.2, 0) is 13.1 Å². The molecule has 2 aromatic carbocycles. The van der Waals surface area contributed by atoms with Crippen LogP contribution in [0.2, 0.25) is 5.02 Å². The van der Waals surface area contributed by atoms with Gasteiger partial charge >= 0.3 is 0 Å². The Balaban J connectivity index is 2.00. The van der Waals surface area contributed by atoms with Gasteiger partial charge in [-0.2, -0.15) is 0 Å². The van der Waals surface area contributed by atoms with Crippen LogP contribution >= 0.6 is 22.9 Å². The second-order valence-electron chi connectivity index (χ2n) is 4.85. The first-order chi connectivity index (χ1) is 10.8. The van der Waals surface area contributed by atoms with E-state index in [4.69, 9.17) is 22.3 Å². The van der Waals surface area contributed by atoms with Crippen molar-refractivity contribution in [2.24, 2.45) is 10.7 Å². The third kappa shape index (κ3) is 3.30. The van der Waals surface area contributed by atoms with Gasteiger partial charge in [0, 0.05) is 35.3 Å². The molecule has 5 heteroatoms. The molecule has 22 heavy (non-hydrogen) atoms. The monoisotopic (exact) mass is 329 g/mol. The van der Waals surface area contributed by atoms with E-state index in [9.17, 15) is 0 Å². The second-order valence-corrected chi connectivity index (χ2v) is 6.13. The van der Waals surface area contributed by atoms with Gasteiger partial charge in [-0.3, -0.25) is 0 Å². The van der Waals surface area contributed by atoms with Crippen molar-refractivity contribution in [2.75, 3.05) is 0 Å². The summed E-state index contributed by atoms with van der Waals surface area (Å²) >= 11 is 7.80. The molecule has 0 unspecified atom stereocenters. The maximum absolute atomic E-state index is 6.20. The molecule has 0 fully saturated rings. The molecule has 3 nitrogen and oxygen atoms in total. The Morgan fingerprint density at radius 2 is 1.91 bits per heavy atom. The average molecular weight is 330 g/mol. The third-order valence-corrected chi connectivity index (χ3v) is 4.52. The highest BCUT2D eigenvalue weighted by molar-refractivity contribution is 7.07. The van der Waals surface area contributed by atoms with Gasteiger partial charge < -0.3 is 10.3 Å². The van der Waals surface area contributed by atoms with Crippen LogP contribution in [0, 0.1) is 0 Å². The van der Waals surface area contributed by atoms with Crippen molar-refractivity contribution in [2.45, 2.75) is 13.1 Å². The largest absolute Gasteiger partial charge is 0.326 e. The topological polar surface area (TPSA) is 43.3 Å². The number of rotatable bonds is 4. The fourth-order valence-electron chi connectivity index (χ4n) is 2.24. The van der Waals surface area contributed by atoms with E-state index in [1.165, 1.54) is 5.56 Å². The van der Waals surface area contributed by atoms with E-state index < -0.39 is 0 Å². The molecule has 1 aromatic heterocycles. The molecule has 112 valence electrons. The fourth-order valence-corrected chi connectivity index (χ4v) is 3.23. The summed E-state index contributed by atoms with van der Waals surface area (Å²) in [6, 6.07) is 16.0. The highest BCUT2D eigenvalue weighted by Crippen LogP contribution is 2.25. The summed E-state index contributed by atoms with van der Waals surface area (Å²) in [5, 5.41) is 2.70. The molecule has 0 aliphatic heterocycles. The normalized spacial score (nSPS) is 11.8. The highest BCUT2D eigenvalue weighted by Gasteiger charge is 2.05. The van der Waals surface area contributed by atoms with Crippen molar-refractivity contribution in [3.05, 3.63) is 81.1 Å². The zero-order chi connectivity index (χ0) is 15.4. The molecular weight excluding hydrogens is 314 g/mol. The van der Waals surface area contributed by atoms with Gasteiger partial charge in [0.15, 0.2) is 4.80 Å². The zero-order valence-corrected chi connectivity index (χ0v) is 13.5. The number of hydrogen-bond donors (Lipinski definition) is 1. The predicted octanol–water partition coefficient (Wildman–Crippen LogP) is 3.94. The molecule has 0 saturated heterocycles. The van der Waals surface area contributed by atoms with Gasteiger partial charge in [-0.1, -0.05) is 48.0 Å². The molecule has 0 atom stereocenters. The van der Waals surface area contributed by atoms with Gasteiger partial charge in [-0.15, -0.1) is 11.3 Å². The van der Waals surface area contributed by atoms with Crippen LogP contribution in [0.25, 0.3) is 0 Å². The first-order valence-corrected chi connectivity index (χ1v) is 8.24. The standard InChI is InChI=1S/C17H16ClN3S/c18-15-7-4-8-16(14(15)11-19)20-17-21(9-10-22-17)12-13-5-2-1-3-6-13/h1-10H,11-12,19H2. The van der Waals surface area contributed by atoms with E-state index in [2.05, 4.69) is 16.7 Å². The molecule has 0 bridgehead atoms. The smallest absolute Gasteiger partial charge is 0.190 e. The summed E-state index contributed by atoms with van der Waals surface area (Å²) in [6.45, 7) is 1.17. The maximum Gasteiger partial charge on any atom is 0.190 e. The Labute approximate surface area is 138 Å². The molecule has 0 aliphatic carbocycles. The minimum atomic E-state index is 0.378. The van der Waals surface area contributed by atoms with E-state index in [0.29, 0.717) is 11.6 Å². The van der Waals surface area contributed by atoms with E-state index in [0.717, 1.165) is 22.6 Å². The number of halogens is 1. The number of hydrogen-bond acceptors (Lipinski definition) is 3. The van der Waals surface area contributed by atoms with Crippen molar-refractivity contribution >= 4 is 28.6 Å². The zero-order valence-electron chi connectivity index (χ0n) is 11.9. The van der Waals surface area contributed by atoms with Gasteiger partial charge in [0.1, 0.15) is 0 Å². The van der Waals surface area contributed by atoms with E-state index in [1.807, 2.05) is 48.0 Å². The fraction of sp³-hybridized carbons (Fsp3) is 0.118. The summed E-state index contributed by atoms with van der Waals surface area (Å²) < 4.78 is 2.13. The lowest BCUT2D eigenvalue weighted by molar-refractivity contribution is 0.769. The SMILES string of the molecule is NCc1c(Cl)cccc1N=c1sccn1Cc1ccccc1. The first-order valence-electron chi connectivity index (χ1n) is 6.98. The molecule has 0 spiro atoms. The van der Waals surface area contributed by atoms with Crippen molar-refractivity contribution in [3.63, 3.8) is 0 Å². The van der Waals surface area contributed by atoms with Crippen LogP contribution in [-0.4, -0.2) is 4.57 Å². The summed E-state index contributed by atoms with van der Waals surface area (Å²) in [5.41, 5.74) is 8.75. The molecule has 0 radical (unpaired) electrons. The van der Waals surface area contributed by atoms with Crippen LogP contribution in [0.3, 0.4) is 0 Å². The Morgan fingerprint density at radius 1 is 1.09 bits per heavy atom. The average Bonchev–Trinajstić information content (AvgIpc) is 2.96. The van der Waals surface area contributed by atoms with Crippen LogP contribution < -0.4 is 10.5 Å². The number of nitrogens with zero attached hydrogens (tertiary/aromatic N) is 2. The van der Waals surface area contributed by atoms with Gasteiger partial charge in [0.25, 0.3) is 0 Å². The maximum atomic E-state index is 6.20. The van der Waals surface area contributed by atoms with Crippen LogP contribution in [0.15, 0.2) is 65.1 Å². The quantitative estimate of drug-likeness (QED) is 0.774. The van der Waals surface area contributed by atoms with Crippen molar-refractivity contribution in [1.82, 2.24) is 4.57 Å². The second kappa shape index (κ2) is 6.92. The summed E-state index contributed by atoms with van der Waals surface area (Å²) in [5.74, 6) is 0. The number of aromatic nitrogens is 1. The molecule has 0 amide bonds. The summed E-state index contributed by atoms with van der Waals surface area (Å²) in [4.78, 5) is 5.68. The Bertz CT molecular complexity index is 821. The van der Waals surface area contributed by atoms with Gasteiger partial charge in [-0.25, -0.2) is 4.99 Å². The minimum absolute atomic E-state index is 0.378. The Kier molecular flexibility index (Phi) is 4.73. The molecule has 3 aromatic rings. The molecule has 0 saturated carbocycles. The minimum Gasteiger partial charge on any atom is -0.326 e. The summed E-state index contributed by atoms with van der Waals surface area (Å²) in [7, 11) is 0. The molecule has 0 aliphatic rings.